The van der Waals surface area contributed by atoms with Crippen molar-refractivity contribution in [1.29, 1.82) is 0 Å². The summed E-state index contributed by atoms with van der Waals surface area (Å²) in [5, 5.41) is 2.83. The van der Waals surface area contributed by atoms with Gasteiger partial charge in [-0.2, -0.15) is 0 Å². The molecule has 0 bridgehead atoms. The number of fused-ring (bicyclic) bond motifs is 1. The van der Waals surface area contributed by atoms with Gasteiger partial charge in [-0.1, -0.05) is 0 Å². The first kappa shape index (κ1) is 17.3. The van der Waals surface area contributed by atoms with Gasteiger partial charge in [0.2, 0.25) is 5.91 Å². The minimum absolute atomic E-state index is 0.0167. The minimum atomic E-state index is -0.0208. The monoisotopic (exact) mass is 349 g/mol. The number of benzene rings is 1. The second-order valence-corrected chi connectivity index (χ2v) is 7.07. The molecule has 0 aliphatic carbocycles. The molecule has 1 saturated heterocycles. The molecule has 6 nitrogen and oxygen atoms in total. The highest BCUT2D eigenvalue weighted by Crippen LogP contribution is 2.32. The summed E-state index contributed by atoms with van der Waals surface area (Å²) in [6.45, 7) is 2.73. The second-order valence-electron chi connectivity index (χ2n) is 6.05. The second kappa shape index (κ2) is 8.00. The molecule has 0 saturated carbocycles. The number of anilines is 1. The number of carbonyl (C=O) groups is 2. The van der Waals surface area contributed by atoms with Crippen LogP contribution in [0.4, 0.5) is 5.69 Å². The maximum atomic E-state index is 12.7. The lowest BCUT2D eigenvalue weighted by Crippen LogP contribution is -2.41. The molecule has 2 aliphatic rings. The highest BCUT2D eigenvalue weighted by molar-refractivity contribution is 8.00. The third kappa shape index (κ3) is 4.09. The summed E-state index contributed by atoms with van der Waals surface area (Å²) in [4.78, 5) is 27.1. The van der Waals surface area contributed by atoms with Crippen LogP contribution in [0.3, 0.4) is 0 Å². The van der Waals surface area contributed by atoms with Crippen LogP contribution in [0.25, 0.3) is 0 Å². The van der Waals surface area contributed by atoms with E-state index in [0.717, 1.165) is 29.8 Å². The molecule has 2 aliphatic heterocycles. The highest BCUT2D eigenvalue weighted by Gasteiger charge is 2.25. The van der Waals surface area contributed by atoms with Crippen molar-refractivity contribution >= 4 is 29.3 Å². The normalized spacial score (nSPS) is 18.2. The predicted molar refractivity (Wildman–Crippen MR) is 94.3 cm³/mol. The van der Waals surface area contributed by atoms with Crippen LogP contribution in [-0.2, 0) is 9.53 Å². The SMILES string of the molecule is NCCCOC1CCN(C(=O)c2ccc3c(c2)NC(=O)CS3)CC1. The van der Waals surface area contributed by atoms with Gasteiger partial charge < -0.3 is 20.7 Å². The van der Waals surface area contributed by atoms with Crippen LogP contribution in [0.15, 0.2) is 23.1 Å². The molecule has 1 fully saturated rings. The number of nitrogens with one attached hydrogen (secondary N) is 1. The third-order valence-electron chi connectivity index (χ3n) is 4.29. The van der Waals surface area contributed by atoms with Crippen LogP contribution in [0.1, 0.15) is 29.6 Å². The van der Waals surface area contributed by atoms with Crippen molar-refractivity contribution < 1.29 is 14.3 Å². The average Bonchev–Trinajstić information content (AvgIpc) is 2.61. The van der Waals surface area contributed by atoms with E-state index in [9.17, 15) is 9.59 Å². The number of hydrogen-bond donors (Lipinski definition) is 2. The van der Waals surface area contributed by atoms with Gasteiger partial charge in [0, 0.05) is 30.2 Å². The van der Waals surface area contributed by atoms with Crippen LogP contribution >= 0.6 is 11.8 Å². The molecule has 0 atom stereocenters. The van der Waals surface area contributed by atoms with Gasteiger partial charge >= 0.3 is 0 Å². The van der Waals surface area contributed by atoms with Crippen molar-refractivity contribution in [2.24, 2.45) is 5.73 Å². The molecule has 2 heterocycles. The number of piperidine rings is 1. The van der Waals surface area contributed by atoms with Crippen molar-refractivity contribution in [1.82, 2.24) is 4.90 Å². The molecule has 7 heteroatoms. The van der Waals surface area contributed by atoms with E-state index in [-0.39, 0.29) is 17.9 Å². The largest absolute Gasteiger partial charge is 0.378 e. The summed E-state index contributed by atoms with van der Waals surface area (Å²) in [7, 11) is 0. The summed E-state index contributed by atoms with van der Waals surface area (Å²) < 4.78 is 5.78. The molecule has 0 spiro atoms. The Kier molecular flexibility index (Phi) is 5.76. The van der Waals surface area contributed by atoms with Crippen molar-refractivity contribution in [3.63, 3.8) is 0 Å². The van der Waals surface area contributed by atoms with Crippen molar-refractivity contribution in [3.05, 3.63) is 23.8 Å². The van der Waals surface area contributed by atoms with Gasteiger partial charge in [0.05, 0.1) is 17.5 Å². The molecule has 24 heavy (non-hydrogen) atoms. The van der Waals surface area contributed by atoms with Crippen LogP contribution < -0.4 is 11.1 Å². The van der Waals surface area contributed by atoms with Gasteiger partial charge in [-0.25, -0.2) is 0 Å². The average molecular weight is 349 g/mol. The summed E-state index contributed by atoms with van der Waals surface area (Å²) in [6.07, 6.45) is 2.81. The van der Waals surface area contributed by atoms with E-state index in [2.05, 4.69) is 5.32 Å². The van der Waals surface area contributed by atoms with E-state index in [1.54, 1.807) is 6.07 Å². The molecular formula is C17H23N3O3S. The Morgan fingerprint density at radius 2 is 2.17 bits per heavy atom. The smallest absolute Gasteiger partial charge is 0.253 e. The highest BCUT2D eigenvalue weighted by atomic mass is 32.2. The fourth-order valence-corrected chi connectivity index (χ4v) is 3.75. The Morgan fingerprint density at radius 3 is 2.92 bits per heavy atom. The maximum Gasteiger partial charge on any atom is 0.253 e. The molecule has 3 N–H and O–H groups in total. The number of carbonyl (C=O) groups excluding carboxylic acids is 2. The summed E-state index contributed by atoms with van der Waals surface area (Å²) >= 11 is 1.50. The van der Waals surface area contributed by atoms with Gasteiger partial charge in [-0.05, 0) is 44.0 Å². The Balaban J connectivity index is 1.57. The Bertz CT molecular complexity index is 615. The fourth-order valence-electron chi connectivity index (χ4n) is 2.96. The Labute approximate surface area is 146 Å². The summed E-state index contributed by atoms with van der Waals surface area (Å²) in [6, 6.07) is 5.54. The van der Waals surface area contributed by atoms with Crippen molar-refractivity contribution in [2.45, 2.75) is 30.3 Å². The van der Waals surface area contributed by atoms with Crippen molar-refractivity contribution in [2.75, 3.05) is 37.3 Å². The van der Waals surface area contributed by atoms with Crippen molar-refractivity contribution in [3.8, 4) is 0 Å². The van der Waals surface area contributed by atoms with Crippen LogP contribution in [0.5, 0.6) is 0 Å². The zero-order chi connectivity index (χ0) is 16.9. The molecule has 1 aromatic rings. The molecule has 0 unspecified atom stereocenters. The van der Waals surface area contributed by atoms with E-state index < -0.39 is 0 Å². The molecule has 1 aromatic carbocycles. The molecule has 2 amide bonds. The topological polar surface area (TPSA) is 84.7 Å². The zero-order valence-electron chi connectivity index (χ0n) is 13.6. The molecule has 130 valence electrons. The summed E-state index contributed by atoms with van der Waals surface area (Å²) in [5.41, 5.74) is 6.83. The van der Waals surface area contributed by atoms with E-state index >= 15 is 0 Å². The number of hydrogen-bond acceptors (Lipinski definition) is 5. The third-order valence-corrected chi connectivity index (χ3v) is 5.36. The molecule has 3 rings (SSSR count). The van der Waals surface area contributed by atoms with Crippen LogP contribution in [0.2, 0.25) is 0 Å². The van der Waals surface area contributed by atoms with Gasteiger partial charge in [0.15, 0.2) is 0 Å². The number of nitrogens with zero attached hydrogens (tertiary/aromatic N) is 1. The molecular weight excluding hydrogens is 326 g/mol. The lowest BCUT2D eigenvalue weighted by molar-refractivity contribution is -0.113. The van der Waals surface area contributed by atoms with Gasteiger partial charge in [0.1, 0.15) is 0 Å². The molecule has 0 aromatic heterocycles. The standard InChI is InChI=1S/C17H23N3O3S/c18-6-1-9-23-13-4-7-20(8-5-13)17(22)12-2-3-15-14(10-12)19-16(21)11-24-15/h2-3,10,13H,1,4-9,11,18H2,(H,19,21). The first-order valence-electron chi connectivity index (χ1n) is 8.35. The first-order valence-corrected chi connectivity index (χ1v) is 9.33. The van der Waals surface area contributed by atoms with E-state index in [4.69, 9.17) is 10.5 Å². The molecule has 0 radical (unpaired) electrons. The number of nitrogens with two attached hydrogens (primary N) is 1. The Hall–Kier alpha value is -1.57. The lowest BCUT2D eigenvalue weighted by atomic mass is 10.1. The fraction of sp³-hybridized carbons (Fsp3) is 0.529. The van der Waals surface area contributed by atoms with Gasteiger partial charge in [-0.3, -0.25) is 9.59 Å². The predicted octanol–water partition coefficient (Wildman–Crippen LogP) is 1.70. The van der Waals surface area contributed by atoms with Gasteiger partial charge in [-0.15, -0.1) is 11.8 Å². The number of likely N-dealkylation sites (tertiary alicyclic amines) is 1. The van der Waals surface area contributed by atoms with Crippen LogP contribution in [0, 0.1) is 0 Å². The van der Waals surface area contributed by atoms with E-state index in [1.807, 2.05) is 17.0 Å². The quantitative estimate of drug-likeness (QED) is 0.791. The number of ether oxygens (including phenoxy) is 1. The first-order chi connectivity index (χ1) is 11.7. The maximum absolute atomic E-state index is 12.7. The number of amides is 2. The number of thioether (sulfide) groups is 1. The summed E-state index contributed by atoms with van der Waals surface area (Å²) in [5.74, 6) is 0.424. The lowest BCUT2D eigenvalue weighted by Gasteiger charge is -2.32. The minimum Gasteiger partial charge on any atom is -0.378 e. The van der Waals surface area contributed by atoms with Gasteiger partial charge in [0.25, 0.3) is 5.91 Å². The van der Waals surface area contributed by atoms with E-state index in [1.165, 1.54) is 11.8 Å². The number of rotatable bonds is 5. The van der Waals surface area contributed by atoms with Crippen LogP contribution in [-0.4, -0.2) is 54.8 Å². The van der Waals surface area contributed by atoms with E-state index in [0.29, 0.717) is 37.6 Å². The Morgan fingerprint density at radius 1 is 1.38 bits per heavy atom. The zero-order valence-corrected chi connectivity index (χ0v) is 14.4.